The quantitative estimate of drug-likeness (QED) is 0.809. The third kappa shape index (κ3) is 3.54. The minimum absolute atomic E-state index is 0.660. The van der Waals surface area contributed by atoms with Gasteiger partial charge in [0, 0.05) is 24.7 Å². The Morgan fingerprint density at radius 2 is 2.05 bits per heavy atom. The molecule has 2 saturated carbocycles. The monoisotopic (exact) mass is 287 g/mol. The summed E-state index contributed by atoms with van der Waals surface area (Å²) < 4.78 is 10.9. The van der Waals surface area contributed by atoms with Gasteiger partial charge in [0.25, 0.3) is 0 Å². The van der Waals surface area contributed by atoms with E-state index < -0.39 is 0 Å². The van der Waals surface area contributed by atoms with Crippen LogP contribution < -0.4 is 5.32 Å². The molecule has 0 atom stereocenters. The standard InChI is InChI=1S/C16H21N3O2/c1-2-15(20-7-1)10-19(14-5-6-14)11-16-8-13(18-21-16)9-17-12-3-4-12/h1-2,7-8,12,14,17H,3-6,9-11H2. The average Bonchev–Trinajstić information content (AvgIpc) is 3.41. The Kier molecular flexibility index (Phi) is 3.53. The summed E-state index contributed by atoms with van der Waals surface area (Å²) in [6, 6.07) is 7.41. The molecule has 2 fully saturated rings. The molecule has 1 N–H and O–H groups in total. The number of rotatable bonds is 8. The van der Waals surface area contributed by atoms with E-state index in [1.807, 2.05) is 12.1 Å². The van der Waals surface area contributed by atoms with Gasteiger partial charge in [-0.3, -0.25) is 4.90 Å². The molecule has 0 bridgehead atoms. The summed E-state index contributed by atoms with van der Waals surface area (Å²) >= 11 is 0. The Balaban J connectivity index is 1.35. The van der Waals surface area contributed by atoms with Crippen LogP contribution in [-0.4, -0.2) is 22.1 Å². The normalized spacial score (nSPS) is 18.5. The van der Waals surface area contributed by atoms with E-state index in [4.69, 9.17) is 8.94 Å². The molecule has 2 heterocycles. The van der Waals surface area contributed by atoms with Gasteiger partial charge in [0.1, 0.15) is 5.76 Å². The van der Waals surface area contributed by atoms with Gasteiger partial charge in [0.2, 0.25) is 0 Å². The van der Waals surface area contributed by atoms with Gasteiger partial charge in [0.15, 0.2) is 5.76 Å². The first-order valence-corrected chi connectivity index (χ1v) is 7.81. The van der Waals surface area contributed by atoms with Crippen LogP contribution in [0.1, 0.15) is 42.9 Å². The fourth-order valence-electron chi connectivity index (χ4n) is 2.61. The van der Waals surface area contributed by atoms with Crippen molar-refractivity contribution in [3.63, 3.8) is 0 Å². The highest BCUT2D eigenvalue weighted by molar-refractivity contribution is 5.07. The van der Waals surface area contributed by atoms with E-state index in [-0.39, 0.29) is 0 Å². The third-order valence-corrected chi connectivity index (χ3v) is 4.12. The molecule has 0 aliphatic heterocycles. The molecule has 0 spiro atoms. The summed E-state index contributed by atoms with van der Waals surface area (Å²) in [6.07, 6.45) is 6.86. The number of nitrogens with one attached hydrogen (secondary N) is 1. The van der Waals surface area contributed by atoms with Crippen LogP contribution in [-0.2, 0) is 19.6 Å². The topological polar surface area (TPSA) is 54.4 Å². The van der Waals surface area contributed by atoms with Gasteiger partial charge in [0.05, 0.1) is 25.0 Å². The van der Waals surface area contributed by atoms with Crippen LogP contribution in [0.5, 0.6) is 0 Å². The number of aromatic nitrogens is 1. The summed E-state index contributed by atoms with van der Waals surface area (Å²) in [5, 5.41) is 7.62. The van der Waals surface area contributed by atoms with E-state index >= 15 is 0 Å². The lowest BCUT2D eigenvalue weighted by molar-refractivity contribution is 0.199. The van der Waals surface area contributed by atoms with Crippen molar-refractivity contribution in [1.82, 2.24) is 15.4 Å². The number of nitrogens with zero attached hydrogens (tertiary/aromatic N) is 2. The predicted molar refractivity (Wildman–Crippen MR) is 77.3 cm³/mol. The zero-order chi connectivity index (χ0) is 14.1. The minimum atomic E-state index is 0.660. The second-order valence-electron chi connectivity index (χ2n) is 6.16. The second kappa shape index (κ2) is 5.66. The van der Waals surface area contributed by atoms with Crippen molar-refractivity contribution < 1.29 is 8.94 Å². The maximum Gasteiger partial charge on any atom is 0.151 e. The van der Waals surface area contributed by atoms with Gasteiger partial charge in [-0.2, -0.15) is 0 Å². The highest BCUT2D eigenvalue weighted by Gasteiger charge is 2.30. The first kappa shape index (κ1) is 13.1. The van der Waals surface area contributed by atoms with Crippen molar-refractivity contribution >= 4 is 0 Å². The van der Waals surface area contributed by atoms with Gasteiger partial charge in [-0.1, -0.05) is 5.16 Å². The molecule has 0 saturated heterocycles. The molecule has 2 aromatic rings. The molecular weight excluding hydrogens is 266 g/mol. The van der Waals surface area contributed by atoms with Gasteiger partial charge in [-0.15, -0.1) is 0 Å². The van der Waals surface area contributed by atoms with Crippen molar-refractivity contribution in [3.8, 4) is 0 Å². The summed E-state index contributed by atoms with van der Waals surface area (Å²) in [7, 11) is 0. The fraction of sp³-hybridized carbons (Fsp3) is 0.562. The number of hydrogen-bond acceptors (Lipinski definition) is 5. The van der Waals surface area contributed by atoms with Crippen LogP contribution in [0.3, 0.4) is 0 Å². The first-order chi connectivity index (χ1) is 10.4. The maximum atomic E-state index is 5.48. The Hall–Kier alpha value is -1.59. The molecule has 5 heteroatoms. The first-order valence-electron chi connectivity index (χ1n) is 7.81. The smallest absolute Gasteiger partial charge is 0.151 e. The molecule has 4 rings (SSSR count). The second-order valence-corrected chi connectivity index (χ2v) is 6.16. The molecule has 2 aromatic heterocycles. The van der Waals surface area contributed by atoms with Crippen LogP contribution in [0.2, 0.25) is 0 Å². The molecule has 5 nitrogen and oxygen atoms in total. The van der Waals surface area contributed by atoms with E-state index in [1.165, 1.54) is 25.7 Å². The van der Waals surface area contributed by atoms with E-state index in [2.05, 4.69) is 21.4 Å². The van der Waals surface area contributed by atoms with E-state index in [0.29, 0.717) is 12.1 Å². The zero-order valence-electron chi connectivity index (χ0n) is 12.1. The van der Waals surface area contributed by atoms with Gasteiger partial charge < -0.3 is 14.3 Å². The lowest BCUT2D eigenvalue weighted by atomic mass is 10.3. The van der Waals surface area contributed by atoms with Gasteiger partial charge in [-0.25, -0.2) is 0 Å². The molecule has 2 aliphatic carbocycles. The third-order valence-electron chi connectivity index (χ3n) is 4.12. The summed E-state index contributed by atoms with van der Waals surface area (Å²) in [5.41, 5.74) is 1.01. The molecule has 0 aromatic carbocycles. The molecule has 0 unspecified atom stereocenters. The highest BCUT2D eigenvalue weighted by Crippen LogP contribution is 2.30. The Morgan fingerprint density at radius 1 is 1.19 bits per heavy atom. The number of furan rings is 1. The van der Waals surface area contributed by atoms with Crippen LogP contribution in [0.15, 0.2) is 33.4 Å². The van der Waals surface area contributed by atoms with Crippen LogP contribution >= 0.6 is 0 Å². The lowest BCUT2D eigenvalue weighted by Gasteiger charge is -2.18. The van der Waals surface area contributed by atoms with Crippen molar-refractivity contribution in [2.24, 2.45) is 0 Å². The van der Waals surface area contributed by atoms with E-state index in [1.54, 1.807) is 6.26 Å². The van der Waals surface area contributed by atoms with Crippen LogP contribution in [0.4, 0.5) is 0 Å². The predicted octanol–water partition coefficient (Wildman–Crippen LogP) is 2.68. The minimum Gasteiger partial charge on any atom is -0.468 e. The summed E-state index contributed by atoms with van der Waals surface area (Å²) in [4.78, 5) is 2.41. The highest BCUT2D eigenvalue weighted by atomic mass is 16.5. The molecule has 21 heavy (non-hydrogen) atoms. The zero-order valence-corrected chi connectivity index (χ0v) is 12.1. The molecule has 0 amide bonds. The van der Waals surface area contributed by atoms with Crippen molar-refractivity contribution in [3.05, 3.63) is 41.7 Å². The van der Waals surface area contributed by atoms with Crippen molar-refractivity contribution in [2.45, 2.75) is 57.4 Å². The van der Waals surface area contributed by atoms with Crippen molar-refractivity contribution in [1.29, 1.82) is 0 Å². The average molecular weight is 287 g/mol. The van der Waals surface area contributed by atoms with E-state index in [9.17, 15) is 0 Å². The molecule has 0 radical (unpaired) electrons. The van der Waals surface area contributed by atoms with Gasteiger partial charge in [-0.05, 0) is 37.8 Å². The molecule has 2 aliphatic rings. The van der Waals surface area contributed by atoms with E-state index in [0.717, 1.165) is 36.8 Å². The fourth-order valence-corrected chi connectivity index (χ4v) is 2.61. The maximum absolute atomic E-state index is 5.48. The van der Waals surface area contributed by atoms with Gasteiger partial charge >= 0.3 is 0 Å². The summed E-state index contributed by atoms with van der Waals surface area (Å²) in [6.45, 7) is 2.46. The van der Waals surface area contributed by atoms with Crippen molar-refractivity contribution in [2.75, 3.05) is 0 Å². The Morgan fingerprint density at radius 3 is 2.76 bits per heavy atom. The van der Waals surface area contributed by atoms with Crippen LogP contribution in [0, 0.1) is 0 Å². The lowest BCUT2D eigenvalue weighted by Crippen LogP contribution is -2.24. The SMILES string of the molecule is c1coc(CN(Cc2cc(CNC3CC3)no2)C2CC2)c1. The Bertz CT molecular complexity index is 570. The Labute approximate surface area is 124 Å². The van der Waals surface area contributed by atoms with Crippen LogP contribution in [0.25, 0.3) is 0 Å². The number of hydrogen-bond donors (Lipinski definition) is 1. The largest absolute Gasteiger partial charge is 0.468 e. The molecular formula is C16H21N3O2. The molecule has 112 valence electrons. The summed E-state index contributed by atoms with van der Waals surface area (Å²) in [5.74, 6) is 1.96.